The van der Waals surface area contributed by atoms with Crippen LogP contribution in [0.25, 0.3) is 0 Å². The molecule has 0 saturated heterocycles. The number of carbonyl (C=O) groups excluding carboxylic acids is 1. The second-order valence-corrected chi connectivity index (χ2v) is 6.22. The minimum absolute atomic E-state index is 0.0358. The van der Waals surface area contributed by atoms with Crippen LogP contribution in [-0.4, -0.2) is 41.9 Å². The lowest BCUT2D eigenvalue weighted by atomic mass is 10.1. The molecule has 1 N–H and O–H groups in total. The zero-order valence-electron chi connectivity index (χ0n) is 15.4. The van der Waals surface area contributed by atoms with Crippen molar-refractivity contribution in [2.75, 3.05) is 26.2 Å². The molecule has 0 aliphatic heterocycles. The van der Waals surface area contributed by atoms with Crippen molar-refractivity contribution >= 4 is 11.6 Å². The predicted octanol–water partition coefficient (Wildman–Crippen LogP) is 3.42. The third-order valence-electron chi connectivity index (χ3n) is 4.35. The number of nitrogens with one attached hydrogen (secondary N) is 1. The van der Waals surface area contributed by atoms with Gasteiger partial charge in [-0.05, 0) is 55.8 Å². The largest absolute Gasteiger partial charge is 0.352 e. The molecule has 0 aliphatic rings. The third-order valence-corrected chi connectivity index (χ3v) is 4.35. The first-order valence-corrected chi connectivity index (χ1v) is 8.99. The third kappa shape index (κ3) is 6.79. The second kappa shape index (κ2) is 10.4. The number of benzene rings is 2. The van der Waals surface area contributed by atoms with Crippen LogP contribution in [0.15, 0.2) is 48.5 Å². The number of halogens is 1. The van der Waals surface area contributed by atoms with E-state index in [4.69, 9.17) is 0 Å². The van der Waals surface area contributed by atoms with Gasteiger partial charge in [0.15, 0.2) is 0 Å². The highest BCUT2D eigenvalue weighted by Gasteiger charge is 2.09. The number of hydrogen-bond acceptors (Lipinski definition) is 4. The Morgan fingerprint density at radius 1 is 1.11 bits per heavy atom. The highest BCUT2D eigenvalue weighted by Crippen LogP contribution is 2.11. The highest BCUT2D eigenvalue weighted by atomic mass is 19.1. The normalized spacial score (nSPS) is 10.8. The van der Waals surface area contributed by atoms with Crippen molar-refractivity contribution < 1.29 is 14.1 Å². The average Bonchev–Trinajstić information content (AvgIpc) is 2.68. The van der Waals surface area contributed by atoms with Crippen LogP contribution in [0.5, 0.6) is 0 Å². The van der Waals surface area contributed by atoms with E-state index in [1.54, 1.807) is 12.1 Å². The number of nitrogens with zero attached hydrogens (tertiary/aromatic N) is 2. The van der Waals surface area contributed by atoms with Crippen molar-refractivity contribution in [1.82, 2.24) is 10.2 Å². The molecule has 0 radical (unpaired) electrons. The summed E-state index contributed by atoms with van der Waals surface area (Å²) in [4.78, 5) is 24.5. The number of nitro groups is 1. The molecule has 1 amide bonds. The Labute approximate surface area is 158 Å². The molecular formula is C20H24FN3O3. The molecule has 144 valence electrons. The van der Waals surface area contributed by atoms with E-state index in [2.05, 4.69) is 17.1 Å². The molecule has 0 bridgehead atoms. The summed E-state index contributed by atoms with van der Waals surface area (Å²) in [5, 5.41) is 13.5. The summed E-state index contributed by atoms with van der Waals surface area (Å²) in [6, 6.07) is 12.1. The molecule has 0 saturated carbocycles. The molecule has 27 heavy (non-hydrogen) atoms. The van der Waals surface area contributed by atoms with E-state index in [9.17, 15) is 19.3 Å². The van der Waals surface area contributed by atoms with E-state index in [0.29, 0.717) is 12.1 Å². The van der Waals surface area contributed by atoms with Gasteiger partial charge in [-0.25, -0.2) is 4.39 Å². The van der Waals surface area contributed by atoms with Crippen LogP contribution in [0.2, 0.25) is 0 Å². The van der Waals surface area contributed by atoms with Crippen LogP contribution in [0.4, 0.5) is 10.1 Å². The Morgan fingerprint density at radius 3 is 2.37 bits per heavy atom. The molecular weight excluding hydrogens is 349 g/mol. The van der Waals surface area contributed by atoms with E-state index in [1.807, 2.05) is 0 Å². The Morgan fingerprint density at radius 2 is 1.78 bits per heavy atom. The SMILES string of the molecule is CCN(CCCNC(=O)c1ccc([N+](=O)[O-])cc1)CCc1ccc(F)cc1. The molecule has 0 atom stereocenters. The van der Waals surface area contributed by atoms with E-state index < -0.39 is 4.92 Å². The maximum atomic E-state index is 12.9. The summed E-state index contributed by atoms with van der Waals surface area (Å²) in [5.41, 5.74) is 1.47. The smallest absolute Gasteiger partial charge is 0.269 e. The summed E-state index contributed by atoms with van der Waals surface area (Å²) in [6.45, 7) is 5.23. The van der Waals surface area contributed by atoms with Gasteiger partial charge in [0.25, 0.3) is 11.6 Å². The fourth-order valence-corrected chi connectivity index (χ4v) is 2.71. The molecule has 0 fully saturated rings. The van der Waals surface area contributed by atoms with Crippen molar-refractivity contribution in [3.8, 4) is 0 Å². The van der Waals surface area contributed by atoms with Crippen molar-refractivity contribution in [1.29, 1.82) is 0 Å². The van der Waals surface area contributed by atoms with Crippen LogP contribution in [0.3, 0.4) is 0 Å². The number of carbonyl (C=O) groups is 1. The Bertz CT molecular complexity index is 748. The number of non-ortho nitro benzene ring substituents is 1. The predicted molar refractivity (Wildman–Crippen MR) is 102 cm³/mol. The molecule has 0 heterocycles. The van der Waals surface area contributed by atoms with Crippen molar-refractivity contribution in [3.63, 3.8) is 0 Å². The monoisotopic (exact) mass is 373 g/mol. The van der Waals surface area contributed by atoms with E-state index in [-0.39, 0.29) is 17.4 Å². The molecule has 0 spiro atoms. The van der Waals surface area contributed by atoms with Crippen LogP contribution < -0.4 is 5.32 Å². The van der Waals surface area contributed by atoms with Gasteiger partial charge in [0, 0.05) is 30.8 Å². The fraction of sp³-hybridized carbons (Fsp3) is 0.350. The van der Waals surface area contributed by atoms with Gasteiger partial charge in [0.2, 0.25) is 0 Å². The first-order chi connectivity index (χ1) is 13.0. The van der Waals surface area contributed by atoms with Gasteiger partial charge in [-0.1, -0.05) is 19.1 Å². The number of rotatable bonds is 10. The van der Waals surface area contributed by atoms with Crippen molar-refractivity contribution in [2.24, 2.45) is 0 Å². The number of nitro benzene ring substituents is 1. The van der Waals surface area contributed by atoms with Crippen LogP contribution in [-0.2, 0) is 6.42 Å². The molecule has 2 rings (SSSR count). The van der Waals surface area contributed by atoms with Crippen LogP contribution in [0, 0.1) is 15.9 Å². The van der Waals surface area contributed by atoms with Gasteiger partial charge < -0.3 is 10.2 Å². The second-order valence-electron chi connectivity index (χ2n) is 6.22. The standard InChI is InChI=1S/C20H24FN3O3/c1-2-23(15-12-16-4-8-18(21)9-5-16)14-3-13-22-20(25)17-6-10-19(11-7-17)24(26)27/h4-11H,2-3,12-15H2,1H3,(H,22,25). The van der Waals surface area contributed by atoms with Gasteiger partial charge in [-0.15, -0.1) is 0 Å². The molecule has 2 aromatic carbocycles. The Kier molecular flexibility index (Phi) is 7.88. The lowest BCUT2D eigenvalue weighted by molar-refractivity contribution is -0.384. The number of likely N-dealkylation sites (N-methyl/N-ethyl adjacent to an activating group) is 1. The first kappa shape index (κ1) is 20.5. The zero-order valence-corrected chi connectivity index (χ0v) is 15.4. The van der Waals surface area contributed by atoms with E-state index >= 15 is 0 Å². The van der Waals surface area contributed by atoms with Gasteiger partial charge in [-0.2, -0.15) is 0 Å². The minimum Gasteiger partial charge on any atom is -0.352 e. The quantitative estimate of drug-likeness (QED) is 0.393. The summed E-state index contributed by atoms with van der Waals surface area (Å²) < 4.78 is 12.9. The number of amides is 1. The molecule has 6 nitrogen and oxygen atoms in total. The first-order valence-electron chi connectivity index (χ1n) is 8.99. The van der Waals surface area contributed by atoms with Gasteiger partial charge in [0.05, 0.1) is 4.92 Å². The average molecular weight is 373 g/mol. The maximum absolute atomic E-state index is 12.9. The lowest BCUT2D eigenvalue weighted by Gasteiger charge is -2.20. The Hall–Kier alpha value is -2.80. The lowest BCUT2D eigenvalue weighted by Crippen LogP contribution is -2.31. The summed E-state index contributed by atoms with van der Waals surface area (Å²) in [7, 11) is 0. The molecule has 7 heteroatoms. The van der Waals surface area contributed by atoms with Crippen LogP contribution in [0.1, 0.15) is 29.3 Å². The summed E-state index contributed by atoms with van der Waals surface area (Å²) in [5.74, 6) is -0.464. The van der Waals surface area contributed by atoms with Gasteiger partial charge in [0.1, 0.15) is 5.82 Å². The summed E-state index contributed by atoms with van der Waals surface area (Å²) in [6.07, 6.45) is 1.65. The number of hydrogen-bond donors (Lipinski definition) is 1. The van der Waals surface area contributed by atoms with Crippen LogP contribution >= 0.6 is 0 Å². The van der Waals surface area contributed by atoms with Crippen molar-refractivity contribution in [2.45, 2.75) is 19.8 Å². The summed E-state index contributed by atoms with van der Waals surface area (Å²) >= 11 is 0. The molecule has 2 aromatic rings. The molecule has 0 unspecified atom stereocenters. The molecule has 0 aromatic heterocycles. The topological polar surface area (TPSA) is 75.5 Å². The zero-order chi connectivity index (χ0) is 19.6. The minimum atomic E-state index is -0.493. The maximum Gasteiger partial charge on any atom is 0.269 e. The highest BCUT2D eigenvalue weighted by molar-refractivity contribution is 5.94. The van der Waals surface area contributed by atoms with E-state index in [0.717, 1.165) is 38.0 Å². The fourth-order valence-electron chi connectivity index (χ4n) is 2.71. The van der Waals surface area contributed by atoms with Crippen molar-refractivity contribution in [3.05, 3.63) is 75.6 Å². The van der Waals surface area contributed by atoms with Gasteiger partial charge in [-0.3, -0.25) is 14.9 Å². The van der Waals surface area contributed by atoms with Gasteiger partial charge >= 0.3 is 0 Å². The Balaban J connectivity index is 1.69. The van der Waals surface area contributed by atoms with E-state index in [1.165, 1.54) is 36.4 Å². The molecule has 0 aliphatic carbocycles.